The molecule has 0 radical (unpaired) electrons. The minimum Gasteiger partial charge on any atom is -0.338 e. The largest absolute Gasteiger partial charge is 0.338 e. The molecule has 0 saturated carbocycles. The quantitative estimate of drug-likeness (QED) is 0.419. The standard InChI is InChI=1S/C28H28N6O3/c1-20(35)30-22-9-11-23(12-10-22)31-26(36)21-13-17-33(18-14-21)28(37)25-19-29-34(24-7-3-2-4-8-24)27(25)32-15-5-6-16-32/h2-12,15-16,19,21H,13-14,17-18H2,1H3,(H,30,35)(H,31,36). The summed E-state index contributed by atoms with van der Waals surface area (Å²) in [6, 6.07) is 20.5. The van der Waals surface area contributed by atoms with Crippen LogP contribution in [0.3, 0.4) is 0 Å². The third-order valence-electron chi connectivity index (χ3n) is 6.45. The van der Waals surface area contributed by atoms with Crippen molar-refractivity contribution in [3.05, 3.63) is 90.9 Å². The van der Waals surface area contributed by atoms with Crippen molar-refractivity contribution < 1.29 is 14.4 Å². The number of amides is 3. The molecule has 0 unspecified atom stereocenters. The zero-order valence-electron chi connectivity index (χ0n) is 20.5. The van der Waals surface area contributed by atoms with Gasteiger partial charge in [-0.15, -0.1) is 0 Å². The van der Waals surface area contributed by atoms with Crippen LogP contribution < -0.4 is 10.6 Å². The molecule has 2 N–H and O–H groups in total. The van der Waals surface area contributed by atoms with E-state index in [1.165, 1.54) is 6.92 Å². The van der Waals surface area contributed by atoms with Crippen molar-refractivity contribution in [2.24, 2.45) is 5.92 Å². The molecule has 1 aliphatic heterocycles. The van der Waals surface area contributed by atoms with Crippen molar-refractivity contribution in [1.29, 1.82) is 0 Å². The third kappa shape index (κ3) is 5.30. The number of carbonyl (C=O) groups excluding carboxylic acids is 3. The number of para-hydroxylation sites is 1. The normalized spacial score (nSPS) is 13.8. The summed E-state index contributed by atoms with van der Waals surface area (Å²) in [7, 11) is 0. The van der Waals surface area contributed by atoms with E-state index in [0.717, 1.165) is 5.69 Å². The Bertz CT molecular complexity index is 1390. The van der Waals surface area contributed by atoms with E-state index in [1.54, 1.807) is 40.0 Å². The van der Waals surface area contributed by atoms with Gasteiger partial charge in [0.1, 0.15) is 5.56 Å². The highest BCUT2D eigenvalue weighted by atomic mass is 16.2. The van der Waals surface area contributed by atoms with E-state index in [1.807, 2.05) is 59.4 Å². The van der Waals surface area contributed by atoms with E-state index >= 15 is 0 Å². The molecule has 5 rings (SSSR count). The Kier molecular flexibility index (Phi) is 6.85. The molecule has 1 fully saturated rings. The van der Waals surface area contributed by atoms with Gasteiger partial charge in [0.2, 0.25) is 11.8 Å². The highest BCUT2D eigenvalue weighted by Gasteiger charge is 2.30. The molecule has 1 saturated heterocycles. The molecule has 0 atom stereocenters. The number of nitrogens with one attached hydrogen (secondary N) is 2. The lowest BCUT2D eigenvalue weighted by Gasteiger charge is -2.31. The Morgan fingerprint density at radius 1 is 0.838 bits per heavy atom. The number of hydrogen-bond acceptors (Lipinski definition) is 4. The van der Waals surface area contributed by atoms with Gasteiger partial charge in [0.05, 0.1) is 11.9 Å². The second-order valence-electron chi connectivity index (χ2n) is 9.03. The van der Waals surface area contributed by atoms with Crippen LogP contribution in [0.4, 0.5) is 11.4 Å². The highest BCUT2D eigenvalue weighted by molar-refractivity contribution is 5.98. The Morgan fingerprint density at radius 3 is 2.08 bits per heavy atom. The summed E-state index contributed by atoms with van der Waals surface area (Å²) in [5.74, 6) is 0.187. The molecule has 4 aromatic rings. The van der Waals surface area contributed by atoms with Crippen molar-refractivity contribution in [3.8, 4) is 11.5 Å². The van der Waals surface area contributed by atoms with Crippen LogP contribution in [0.1, 0.15) is 30.1 Å². The summed E-state index contributed by atoms with van der Waals surface area (Å²) in [6.45, 7) is 2.42. The second kappa shape index (κ2) is 10.5. The molecule has 3 amide bonds. The first kappa shape index (κ1) is 24.1. The van der Waals surface area contributed by atoms with Crippen LogP contribution in [0.2, 0.25) is 0 Å². The number of likely N-dealkylation sites (tertiary alicyclic amines) is 1. The van der Waals surface area contributed by atoms with E-state index < -0.39 is 0 Å². The smallest absolute Gasteiger partial charge is 0.259 e. The number of rotatable bonds is 6. The molecular weight excluding hydrogens is 468 g/mol. The molecule has 188 valence electrons. The molecule has 2 aromatic heterocycles. The van der Waals surface area contributed by atoms with Gasteiger partial charge < -0.3 is 20.1 Å². The lowest BCUT2D eigenvalue weighted by molar-refractivity contribution is -0.121. The van der Waals surface area contributed by atoms with Crippen LogP contribution in [-0.4, -0.2) is 50.1 Å². The number of hydrogen-bond donors (Lipinski definition) is 2. The minimum absolute atomic E-state index is 0.0655. The maximum atomic E-state index is 13.6. The van der Waals surface area contributed by atoms with Crippen LogP contribution in [0.5, 0.6) is 0 Å². The molecule has 3 heterocycles. The molecule has 2 aromatic carbocycles. The molecular formula is C28H28N6O3. The molecule has 1 aliphatic rings. The molecule has 0 aliphatic carbocycles. The van der Waals surface area contributed by atoms with Gasteiger partial charge in [-0.2, -0.15) is 5.10 Å². The summed E-state index contributed by atoms with van der Waals surface area (Å²) in [4.78, 5) is 39.4. The van der Waals surface area contributed by atoms with E-state index in [4.69, 9.17) is 0 Å². The predicted molar refractivity (Wildman–Crippen MR) is 141 cm³/mol. The highest BCUT2D eigenvalue weighted by Crippen LogP contribution is 2.25. The maximum absolute atomic E-state index is 13.6. The average Bonchev–Trinajstić information content (AvgIpc) is 3.60. The van der Waals surface area contributed by atoms with Crippen LogP contribution in [0.15, 0.2) is 85.3 Å². The maximum Gasteiger partial charge on any atom is 0.259 e. The summed E-state index contributed by atoms with van der Waals surface area (Å²) in [5, 5.41) is 10.2. The number of aromatic nitrogens is 3. The van der Waals surface area contributed by atoms with Crippen LogP contribution in [-0.2, 0) is 9.59 Å². The topological polar surface area (TPSA) is 101 Å². The van der Waals surface area contributed by atoms with Crippen molar-refractivity contribution in [2.45, 2.75) is 19.8 Å². The van der Waals surface area contributed by atoms with Crippen LogP contribution in [0.25, 0.3) is 11.5 Å². The van der Waals surface area contributed by atoms with E-state index in [9.17, 15) is 14.4 Å². The first-order valence-corrected chi connectivity index (χ1v) is 12.2. The number of benzene rings is 2. The molecule has 0 spiro atoms. The fourth-order valence-corrected chi connectivity index (χ4v) is 4.57. The van der Waals surface area contributed by atoms with Gasteiger partial charge in [-0.05, 0) is 61.4 Å². The van der Waals surface area contributed by atoms with Crippen molar-refractivity contribution in [3.63, 3.8) is 0 Å². The van der Waals surface area contributed by atoms with Gasteiger partial charge >= 0.3 is 0 Å². The Hall–Kier alpha value is -4.66. The second-order valence-corrected chi connectivity index (χ2v) is 9.03. The number of anilines is 2. The van der Waals surface area contributed by atoms with Crippen molar-refractivity contribution in [1.82, 2.24) is 19.2 Å². The molecule has 9 nitrogen and oxygen atoms in total. The summed E-state index contributed by atoms with van der Waals surface area (Å²) in [5.41, 5.74) is 2.72. The predicted octanol–water partition coefficient (Wildman–Crippen LogP) is 4.11. The zero-order chi connectivity index (χ0) is 25.8. The van der Waals surface area contributed by atoms with E-state index in [-0.39, 0.29) is 23.6 Å². The van der Waals surface area contributed by atoms with Crippen LogP contribution in [0, 0.1) is 5.92 Å². The Balaban J connectivity index is 1.25. The monoisotopic (exact) mass is 496 g/mol. The first-order valence-electron chi connectivity index (χ1n) is 12.2. The average molecular weight is 497 g/mol. The summed E-state index contributed by atoms with van der Waals surface area (Å²) in [6.07, 6.45) is 6.56. The number of piperidine rings is 1. The third-order valence-corrected chi connectivity index (χ3v) is 6.45. The lowest BCUT2D eigenvalue weighted by atomic mass is 9.95. The van der Waals surface area contributed by atoms with Gasteiger partial charge in [0.25, 0.3) is 5.91 Å². The van der Waals surface area contributed by atoms with E-state index in [0.29, 0.717) is 48.7 Å². The zero-order valence-corrected chi connectivity index (χ0v) is 20.5. The van der Waals surface area contributed by atoms with Crippen molar-refractivity contribution >= 4 is 29.1 Å². The number of nitrogens with zero attached hydrogens (tertiary/aromatic N) is 4. The molecule has 0 bridgehead atoms. The van der Waals surface area contributed by atoms with E-state index in [2.05, 4.69) is 15.7 Å². The van der Waals surface area contributed by atoms with Gasteiger partial charge in [-0.25, -0.2) is 4.68 Å². The van der Waals surface area contributed by atoms with Crippen LogP contribution >= 0.6 is 0 Å². The van der Waals surface area contributed by atoms with Gasteiger partial charge in [0, 0.05) is 49.7 Å². The fraction of sp³-hybridized carbons (Fsp3) is 0.214. The van der Waals surface area contributed by atoms with Gasteiger partial charge in [0.15, 0.2) is 5.82 Å². The van der Waals surface area contributed by atoms with Gasteiger partial charge in [-0.1, -0.05) is 18.2 Å². The summed E-state index contributed by atoms with van der Waals surface area (Å²) < 4.78 is 3.66. The van der Waals surface area contributed by atoms with Crippen molar-refractivity contribution in [2.75, 3.05) is 23.7 Å². The summed E-state index contributed by atoms with van der Waals surface area (Å²) >= 11 is 0. The Labute approximate surface area is 214 Å². The first-order chi connectivity index (χ1) is 18.0. The molecule has 37 heavy (non-hydrogen) atoms. The molecule has 9 heteroatoms. The number of carbonyl (C=O) groups is 3. The Morgan fingerprint density at radius 2 is 1.46 bits per heavy atom. The SMILES string of the molecule is CC(=O)Nc1ccc(NC(=O)C2CCN(C(=O)c3cnn(-c4ccccc4)c3-n3cccc3)CC2)cc1. The fourth-order valence-electron chi connectivity index (χ4n) is 4.57. The van der Waals surface area contributed by atoms with Gasteiger partial charge in [-0.3, -0.25) is 14.4 Å². The minimum atomic E-state index is -0.185. The lowest BCUT2D eigenvalue weighted by Crippen LogP contribution is -2.41.